The van der Waals surface area contributed by atoms with E-state index in [1.54, 1.807) is 0 Å². The van der Waals surface area contributed by atoms with Gasteiger partial charge in [-0.15, -0.1) is 0 Å². The summed E-state index contributed by atoms with van der Waals surface area (Å²) in [5, 5.41) is 0. The highest BCUT2D eigenvalue weighted by Crippen LogP contribution is 2.21. The molecular weight excluding hydrogens is 282 g/mol. The molecule has 0 fully saturated rings. The fourth-order valence-electron chi connectivity index (χ4n) is 1.55. The Labute approximate surface area is 109 Å². The van der Waals surface area contributed by atoms with Gasteiger partial charge < -0.3 is 14.9 Å². The number of ether oxygens (including phenoxy) is 1. The van der Waals surface area contributed by atoms with Crippen molar-refractivity contribution in [1.82, 2.24) is 0 Å². The summed E-state index contributed by atoms with van der Waals surface area (Å²) in [7, 11) is 0. The van der Waals surface area contributed by atoms with Gasteiger partial charge in [-0.1, -0.05) is 22.0 Å². The predicted octanol–water partition coefficient (Wildman–Crippen LogP) is 3.39. The predicted molar refractivity (Wildman–Crippen MR) is 69.8 cm³/mol. The van der Waals surface area contributed by atoms with Gasteiger partial charge in [-0.25, -0.2) is 0 Å². The number of aryl methyl sites for hydroxylation is 1. The maximum Gasteiger partial charge on any atom is 0.120 e. The van der Waals surface area contributed by atoms with E-state index in [2.05, 4.69) is 15.9 Å². The summed E-state index contributed by atoms with van der Waals surface area (Å²) in [6.45, 7) is 2.82. The molecule has 2 N–H and O–H groups in total. The number of hydrogen-bond donors (Lipinski definition) is 1. The number of nitrogens with two attached hydrogens (primary N) is 1. The lowest BCUT2D eigenvalue weighted by Gasteiger charge is -2.05. The molecule has 0 aliphatic carbocycles. The molecule has 1 heterocycles. The molecule has 3 nitrogen and oxygen atoms in total. The SMILES string of the molecule is Cc1oc(CN)cc1COc1cccc(Br)c1. The maximum absolute atomic E-state index is 5.68. The van der Waals surface area contributed by atoms with Crippen LogP contribution in [-0.4, -0.2) is 0 Å². The van der Waals surface area contributed by atoms with E-state index in [0.29, 0.717) is 13.2 Å². The van der Waals surface area contributed by atoms with Gasteiger partial charge in [-0.2, -0.15) is 0 Å². The standard InChI is InChI=1S/C13H14BrNO2/c1-9-10(5-13(7-15)17-9)8-16-12-4-2-3-11(14)6-12/h2-6H,7-8,15H2,1H3. The van der Waals surface area contributed by atoms with Gasteiger partial charge in [0.25, 0.3) is 0 Å². The lowest BCUT2D eigenvalue weighted by Crippen LogP contribution is -1.96. The Kier molecular flexibility index (Phi) is 3.86. The van der Waals surface area contributed by atoms with Crippen LogP contribution in [0.1, 0.15) is 17.1 Å². The molecule has 2 rings (SSSR count). The van der Waals surface area contributed by atoms with Crippen LogP contribution in [0.15, 0.2) is 39.2 Å². The first-order valence-corrected chi connectivity index (χ1v) is 6.15. The van der Waals surface area contributed by atoms with Crippen LogP contribution in [0.4, 0.5) is 0 Å². The second kappa shape index (κ2) is 5.38. The van der Waals surface area contributed by atoms with E-state index < -0.39 is 0 Å². The van der Waals surface area contributed by atoms with Gasteiger partial charge in [0.2, 0.25) is 0 Å². The molecule has 0 spiro atoms. The molecule has 90 valence electrons. The van der Waals surface area contributed by atoms with Crippen LogP contribution < -0.4 is 10.5 Å². The summed E-state index contributed by atoms with van der Waals surface area (Å²) < 4.78 is 12.1. The Morgan fingerprint density at radius 3 is 2.82 bits per heavy atom. The van der Waals surface area contributed by atoms with Crippen LogP contribution in [0, 0.1) is 6.92 Å². The van der Waals surface area contributed by atoms with Gasteiger partial charge in [0.15, 0.2) is 0 Å². The van der Waals surface area contributed by atoms with E-state index in [0.717, 1.165) is 27.3 Å². The van der Waals surface area contributed by atoms with Crippen LogP contribution in [0.3, 0.4) is 0 Å². The van der Waals surface area contributed by atoms with Gasteiger partial charge in [-0.3, -0.25) is 0 Å². The molecule has 2 aromatic rings. The van der Waals surface area contributed by atoms with Crippen molar-refractivity contribution in [3.05, 3.63) is 51.9 Å². The summed E-state index contributed by atoms with van der Waals surface area (Å²) in [5.41, 5.74) is 6.55. The van der Waals surface area contributed by atoms with Gasteiger partial charge >= 0.3 is 0 Å². The number of halogens is 1. The van der Waals surface area contributed by atoms with Crippen molar-refractivity contribution >= 4 is 15.9 Å². The highest BCUT2D eigenvalue weighted by atomic mass is 79.9. The first-order chi connectivity index (χ1) is 8.19. The van der Waals surface area contributed by atoms with Crippen LogP contribution >= 0.6 is 15.9 Å². The smallest absolute Gasteiger partial charge is 0.120 e. The minimum atomic E-state index is 0.414. The summed E-state index contributed by atoms with van der Waals surface area (Å²) >= 11 is 3.40. The zero-order valence-corrected chi connectivity index (χ0v) is 11.2. The second-order valence-electron chi connectivity index (χ2n) is 3.74. The quantitative estimate of drug-likeness (QED) is 0.940. The van der Waals surface area contributed by atoms with E-state index >= 15 is 0 Å². The van der Waals surface area contributed by atoms with Crippen molar-refractivity contribution < 1.29 is 9.15 Å². The molecule has 1 aromatic heterocycles. The Balaban J connectivity index is 2.04. The van der Waals surface area contributed by atoms with Gasteiger partial charge in [0.05, 0.1) is 6.54 Å². The monoisotopic (exact) mass is 295 g/mol. The van der Waals surface area contributed by atoms with Crippen molar-refractivity contribution in [2.45, 2.75) is 20.1 Å². The Morgan fingerprint density at radius 1 is 1.35 bits per heavy atom. The number of furan rings is 1. The van der Waals surface area contributed by atoms with Crippen molar-refractivity contribution in [1.29, 1.82) is 0 Å². The first-order valence-electron chi connectivity index (χ1n) is 5.35. The minimum absolute atomic E-state index is 0.414. The Bertz CT molecular complexity index is 508. The topological polar surface area (TPSA) is 48.4 Å². The highest BCUT2D eigenvalue weighted by Gasteiger charge is 2.07. The van der Waals surface area contributed by atoms with Gasteiger partial charge in [0.1, 0.15) is 23.9 Å². The van der Waals surface area contributed by atoms with Crippen LogP contribution in [-0.2, 0) is 13.2 Å². The summed E-state index contributed by atoms with van der Waals surface area (Å²) in [6, 6.07) is 9.69. The molecule has 0 amide bonds. The van der Waals surface area contributed by atoms with E-state index in [-0.39, 0.29) is 0 Å². The van der Waals surface area contributed by atoms with Crippen LogP contribution in [0.25, 0.3) is 0 Å². The maximum atomic E-state index is 5.68. The van der Waals surface area contributed by atoms with Crippen molar-refractivity contribution in [2.24, 2.45) is 5.73 Å². The number of hydrogen-bond acceptors (Lipinski definition) is 3. The number of rotatable bonds is 4. The second-order valence-corrected chi connectivity index (χ2v) is 4.66. The van der Waals surface area contributed by atoms with Crippen molar-refractivity contribution in [3.8, 4) is 5.75 Å². The van der Waals surface area contributed by atoms with Gasteiger partial charge in [0, 0.05) is 10.0 Å². The molecule has 0 aliphatic heterocycles. The molecule has 0 aliphatic rings. The highest BCUT2D eigenvalue weighted by molar-refractivity contribution is 9.10. The Morgan fingerprint density at radius 2 is 2.18 bits per heavy atom. The third kappa shape index (κ3) is 3.11. The molecular formula is C13H14BrNO2. The Hall–Kier alpha value is -1.26. The summed E-state index contributed by atoms with van der Waals surface area (Å²) in [4.78, 5) is 0. The van der Waals surface area contributed by atoms with Crippen molar-refractivity contribution in [2.75, 3.05) is 0 Å². The zero-order chi connectivity index (χ0) is 12.3. The molecule has 0 unspecified atom stereocenters. The fraction of sp³-hybridized carbons (Fsp3) is 0.231. The average molecular weight is 296 g/mol. The van der Waals surface area contributed by atoms with E-state index in [1.165, 1.54) is 0 Å². The van der Waals surface area contributed by atoms with Crippen molar-refractivity contribution in [3.63, 3.8) is 0 Å². The average Bonchev–Trinajstić information content (AvgIpc) is 2.68. The molecule has 4 heteroatoms. The fourth-order valence-corrected chi connectivity index (χ4v) is 1.93. The minimum Gasteiger partial charge on any atom is -0.489 e. The number of benzene rings is 1. The zero-order valence-electron chi connectivity index (χ0n) is 9.57. The molecule has 0 bridgehead atoms. The molecule has 0 radical (unpaired) electrons. The molecule has 1 aromatic carbocycles. The molecule has 17 heavy (non-hydrogen) atoms. The van der Waals surface area contributed by atoms with Crippen LogP contribution in [0.5, 0.6) is 5.75 Å². The van der Waals surface area contributed by atoms with Crippen LogP contribution in [0.2, 0.25) is 0 Å². The molecule has 0 saturated carbocycles. The molecule has 0 atom stereocenters. The van der Waals surface area contributed by atoms with Gasteiger partial charge in [-0.05, 0) is 31.2 Å². The van der Waals surface area contributed by atoms with E-state index in [1.807, 2.05) is 37.3 Å². The first kappa shape index (κ1) is 12.2. The lowest BCUT2D eigenvalue weighted by molar-refractivity contribution is 0.303. The van der Waals surface area contributed by atoms with E-state index in [9.17, 15) is 0 Å². The third-order valence-corrected chi connectivity index (χ3v) is 2.96. The third-order valence-electron chi connectivity index (χ3n) is 2.46. The lowest BCUT2D eigenvalue weighted by atomic mass is 10.2. The largest absolute Gasteiger partial charge is 0.489 e. The van der Waals surface area contributed by atoms with E-state index in [4.69, 9.17) is 14.9 Å². The molecule has 0 saturated heterocycles. The summed E-state index contributed by atoms with van der Waals surface area (Å²) in [6.07, 6.45) is 0. The normalized spacial score (nSPS) is 10.5. The summed E-state index contributed by atoms with van der Waals surface area (Å²) in [5.74, 6) is 2.48.